The van der Waals surface area contributed by atoms with Gasteiger partial charge in [0.05, 0.1) is 6.10 Å². The number of piperidine rings is 1. The molecule has 2 heteroatoms. The summed E-state index contributed by atoms with van der Waals surface area (Å²) in [4.78, 5) is 0. The first-order valence-corrected chi connectivity index (χ1v) is 9.74. The van der Waals surface area contributed by atoms with Crippen molar-refractivity contribution >= 4 is 0 Å². The first-order chi connectivity index (χ1) is 10.3. The van der Waals surface area contributed by atoms with Crippen LogP contribution in [0.5, 0.6) is 0 Å². The van der Waals surface area contributed by atoms with Crippen LogP contribution in [0, 0.1) is 17.8 Å². The lowest BCUT2D eigenvalue weighted by Crippen LogP contribution is -2.39. The van der Waals surface area contributed by atoms with Crippen molar-refractivity contribution in [2.75, 3.05) is 6.54 Å². The van der Waals surface area contributed by atoms with Crippen molar-refractivity contribution in [2.24, 2.45) is 17.8 Å². The number of nitrogens with one attached hydrogen (secondary N) is 1. The van der Waals surface area contributed by atoms with Crippen LogP contribution in [0.15, 0.2) is 0 Å². The van der Waals surface area contributed by atoms with Crippen molar-refractivity contribution in [3.8, 4) is 0 Å². The van der Waals surface area contributed by atoms with Crippen LogP contribution in [-0.4, -0.2) is 23.8 Å². The van der Waals surface area contributed by atoms with E-state index in [0.29, 0.717) is 0 Å². The van der Waals surface area contributed by atoms with Crippen LogP contribution >= 0.6 is 0 Å². The summed E-state index contributed by atoms with van der Waals surface area (Å²) < 4.78 is 0. The minimum atomic E-state index is 0.000983. The number of aliphatic hydroxyl groups is 1. The molecular formula is C19H35NO. The first-order valence-electron chi connectivity index (χ1n) is 9.74. The van der Waals surface area contributed by atoms with Crippen LogP contribution in [0.1, 0.15) is 83.5 Å². The lowest BCUT2D eigenvalue weighted by atomic mass is 9.67. The zero-order chi connectivity index (χ0) is 14.5. The molecule has 21 heavy (non-hydrogen) atoms. The summed E-state index contributed by atoms with van der Waals surface area (Å²) in [5.74, 6) is 2.83. The summed E-state index contributed by atoms with van der Waals surface area (Å²) in [6.07, 6.45) is 17.7. The summed E-state index contributed by atoms with van der Waals surface area (Å²) >= 11 is 0. The maximum absolute atomic E-state index is 9.83. The molecule has 2 unspecified atom stereocenters. The van der Waals surface area contributed by atoms with Crippen LogP contribution in [0.4, 0.5) is 0 Å². The fourth-order valence-electron chi connectivity index (χ4n) is 5.32. The third-order valence-electron chi connectivity index (χ3n) is 6.57. The Balaban J connectivity index is 1.61. The van der Waals surface area contributed by atoms with Crippen molar-refractivity contribution in [1.82, 2.24) is 5.32 Å². The monoisotopic (exact) mass is 293 g/mol. The molecule has 3 fully saturated rings. The number of hydrogen-bond donors (Lipinski definition) is 2. The molecule has 2 N–H and O–H groups in total. The Labute approximate surface area is 131 Å². The molecular weight excluding hydrogens is 258 g/mol. The van der Waals surface area contributed by atoms with E-state index in [1.807, 2.05) is 0 Å². The lowest BCUT2D eigenvalue weighted by Gasteiger charge is -2.41. The van der Waals surface area contributed by atoms with Gasteiger partial charge in [0.1, 0.15) is 0 Å². The van der Waals surface area contributed by atoms with Crippen LogP contribution in [-0.2, 0) is 0 Å². The molecule has 2 aliphatic carbocycles. The van der Waals surface area contributed by atoms with Gasteiger partial charge in [-0.05, 0) is 69.2 Å². The summed E-state index contributed by atoms with van der Waals surface area (Å²) in [7, 11) is 0. The highest BCUT2D eigenvalue weighted by molar-refractivity contribution is 4.87. The standard InChI is InChI=1S/C19H35NO/c21-18-11-9-16(10-12-18)19(15-6-2-1-3-7-15)14-17-8-4-5-13-20-17/h15-21H,1-14H2. The van der Waals surface area contributed by atoms with Crippen LogP contribution in [0.2, 0.25) is 0 Å². The Morgan fingerprint density at radius 2 is 1.43 bits per heavy atom. The minimum Gasteiger partial charge on any atom is -0.393 e. The van der Waals surface area contributed by atoms with E-state index in [-0.39, 0.29) is 6.10 Å². The molecule has 1 heterocycles. The predicted octanol–water partition coefficient (Wildman–Crippen LogP) is 4.27. The third kappa shape index (κ3) is 4.45. The molecule has 0 radical (unpaired) electrons. The Morgan fingerprint density at radius 1 is 0.762 bits per heavy atom. The van der Waals surface area contributed by atoms with E-state index in [2.05, 4.69) is 5.32 Å². The van der Waals surface area contributed by atoms with Crippen molar-refractivity contribution < 1.29 is 5.11 Å². The highest BCUT2D eigenvalue weighted by atomic mass is 16.3. The normalized spacial score (nSPS) is 37.3. The topological polar surface area (TPSA) is 32.3 Å². The Morgan fingerprint density at radius 3 is 2.10 bits per heavy atom. The van der Waals surface area contributed by atoms with Crippen LogP contribution in [0.3, 0.4) is 0 Å². The van der Waals surface area contributed by atoms with Gasteiger partial charge in [0, 0.05) is 6.04 Å². The van der Waals surface area contributed by atoms with Gasteiger partial charge < -0.3 is 10.4 Å². The molecule has 0 amide bonds. The van der Waals surface area contributed by atoms with Gasteiger partial charge >= 0.3 is 0 Å². The molecule has 2 atom stereocenters. The number of aliphatic hydroxyl groups excluding tert-OH is 1. The first kappa shape index (κ1) is 15.8. The molecule has 0 spiro atoms. The van der Waals surface area contributed by atoms with Crippen molar-refractivity contribution in [1.29, 1.82) is 0 Å². The quantitative estimate of drug-likeness (QED) is 0.811. The average Bonchev–Trinajstić information content (AvgIpc) is 2.55. The Bertz CT molecular complexity index is 286. The zero-order valence-corrected chi connectivity index (χ0v) is 13.7. The largest absolute Gasteiger partial charge is 0.393 e. The van der Waals surface area contributed by atoms with Crippen LogP contribution in [0.25, 0.3) is 0 Å². The second-order valence-electron chi connectivity index (χ2n) is 8.01. The van der Waals surface area contributed by atoms with Gasteiger partial charge in [0.2, 0.25) is 0 Å². The van der Waals surface area contributed by atoms with Gasteiger partial charge in [-0.2, -0.15) is 0 Å². The molecule has 0 aromatic rings. The van der Waals surface area contributed by atoms with Crippen LogP contribution < -0.4 is 5.32 Å². The summed E-state index contributed by atoms with van der Waals surface area (Å²) in [6.45, 7) is 1.24. The van der Waals surface area contributed by atoms with Crippen molar-refractivity contribution in [3.05, 3.63) is 0 Å². The van der Waals surface area contributed by atoms with E-state index in [1.165, 1.54) is 77.2 Å². The highest BCUT2D eigenvalue weighted by Crippen LogP contribution is 2.42. The van der Waals surface area contributed by atoms with Gasteiger partial charge in [-0.1, -0.05) is 38.5 Å². The summed E-state index contributed by atoms with van der Waals surface area (Å²) in [6, 6.07) is 0.789. The predicted molar refractivity (Wildman–Crippen MR) is 88.3 cm³/mol. The molecule has 122 valence electrons. The Kier molecular flexibility index (Phi) is 5.99. The SMILES string of the molecule is OC1CCC(C(CC2CCCCN2)C2CCCCC2)CC1. The maximum atomic E-state index is 9.83. The van der Waals surface area contributed by atoms with Gasteiger partial charge in [-0.3, -0.25) is 0 Å². The molecule has 0 aromatic carbocycles. The Hall–Kier alpha value is -0.0800. The second kappa shape index (κ2) is 7.97. The van der Waals surface area contributed by atoms with E-state index in [9.17, 15) is 5.11 Å². The molecule has 1 saturated heterocycles. The maximum Gasteiger partial charge on any atom is 0.0540 e. The molecule has 1 aliphatic heterocycles. The molecule has 0 aromatic heterocycles. The van der Waals surface area contributed by atoms with Gasteiger partial charge in [-0.25, -0.2) is 0 Å². The highest BCUT2D eigenvalue weighted by Gasteiger charge is 2.34. The average molecular weight is 293 g/mol. The lowest BCUT2D eigenvalue weighted by molar-refractivity contribution is 0.0597. The molecule has 3 aliphatic rings. The summed E-state index contributed by atoms with van der Waals surface area (Å²) in [5, 5.41) is 13.6. The molecule has 2 saturated carbocycles. The third-order valence-corrected chi connectivity index (χ3v) is 6.57. The van der Waals surface area contributed by atoms with E-state index >= 15 is 0 Å². The van der Waals surface area contributed by atoms with E-state index in [1.54, 1.807) is 0 Å². The molecule has 2 nitrogen and oxygen atoms in total. The fraction of sp³-hybridized carbons (Fsp3) is 1.00. The fourth-order valence-corrected chi connectivity index (χ4v) is 5.32. The number of hydrogen-bond acceptors (Lipinski definition) is 2. The zero-order valence-electron chi connectivity index (χ0n) is 13.7. The molecule has 0 bridgehead atoms. The van der Waals surface area contributed by atoms with Gasteiger partial charge in [0.25, 0.3) is 0 Å². The molecule has 3 rings (SSSR count). The van der Waals surface area contributed by atoms with E-state index in [4.69, 9.17) is 0 Å². The van der Waals surface area contributed by atoms with Gasteiger partial charge in [-0.15, -0.1) is 0 Å². The number of rotatable bonds is 4. The van der Waals surface area contributed by atoms with Crippen molar-refractivity contribution in [3.63, 3.8) is 0 Å². The van der Waals surface area contributed by atoms with E-state index < -0.39 is 0 Å². The van der Waals surface area contributed by atoms with E-state index in [0.717, 1.165) is 36.6 Å². The summed E-state index contributed by atoms with van der Waals surface area (Å²) in [5.41, 5.74) is 0. The second-order valence-corrected chi connectivity index (χ2v) is 8.01. The smallest absolute Gasteiger partial charge is 0.0540 e. The van der Waals surface area contributed by atoms with Crippen molar-refractivity contribution in [2.45, 2.75) is 95.6 Å². The minimum absolute atomic E-state index is 0.000983. The van der Waals surface area contributed by atoms with Gasteiger partial charge in [0.15, 0.2) is 0 Å².